The summed E-state index contributed by atoms with van der Waals surface area (Å²) < 4.78 is 0.942. The van der Waals surface area contributed by atoms with Gasteiger partial charge < -0.3 is 10.0 Å². The normalized spacial score (nSPS) is 16.9. The molecule has 1 aromatic rings. The van der Waals surface area contributed by atoms with Crippen LogP contribution in [0.4, 0.5) is 0 Å². The molecule has 0 saturated heterocycles. The molecule has 0 bridgehead atoms. The minimum Gasteiger partial charge on any atom is -0.388 e. The number of hydrogen-bond acceptors (Lipinski definition) is 2. The van der Waals surface area contributed by atoms with Crippen molar-refractivity contribution < 1.29 is 5.11 Å². The summed E-state index contributed by atoms with van der Waals surface area (Å²) in [6.07, 6.45) is 2.87. The SMILES string of the molecule is CC(C)CN(CCC(O)c1ccc(Br)cc1Cl)C1CC1. The second kappa shape index (κ2) is 7.26. The summed E-state index contributed by atoms with van der Waals surface area (Å²) in [6, 6.07) is 6.41. The van der Waals surface area contributed by atoms with E-state index in [0.29, 0.717) is 10.9 Å². The molecule has 1 saturated carbocycles. The molecule has 0 heterocycles. The lowest BCUT2D eigenvalue weighted by atomic mass is 10.1. The summed E-state index contributed by atoms with van der Waals surface area (Å²) in [7, 11) is 0. The second-order valence-electron chi connectivity index (χ2n) is 6.09. The minimum atomic E-state index is -0.482. The molecule has 1 fully saturated rings. The van der Waals surface area contributed by atoms with E-state index in [1.54, 1.807) is 0 Å². The van der Waals surface area contributed by atoms with Crippen LogP contribution in [-0.4, -0.2) is 29.1 Å². The van der Waals surface area contributed by atoms with Gasteiger partial charge in [0.25, 0.3) is 0 Å². The van der Waals surface area contributed by atoms with Crippen molar-refractivity contribution in [1.29, 1.82) is 0 Å². The molecule has 0 aromatic heterocycles. The van der Waals surface area contributed by atoms with Crippen molar-refractivity contribution in [3.05, 3.63) is 33.3 Å². The van der Waals surface area contributed by atoms with Crippen molar-refractivity contribution in [3.8, 4) is 0 Å². The first-order valence-corrected chi connectivity index (χ1v) is 8.51. The van der Waals surface area contributed by atoms with Gasteiger partial charge in [-0.15, -0.1) is 0 Å². The Morgan fingerprint density at radius 2 is 2.10 bits per heavy atom. The Bertz CT molecular complexity index is 448. The number of aliphatic hydroxyl groups is 1. The van der Waals surface area contributed by atoms with Gasteiger partial charge in [-0.25, -0.2) is 0 Å². The average Bonchev–Trinajstić information content (AvgIpc) is 3.17. The van der Waals surface area contributed by atoms with E-state index in [0.717, 1.165) is 35.6 Å². The third kappa shape index (κ3) is 4.73. The van der Waals surface area contributed by atoms with Gasteiger partial charge in [0, 0.05) is 28.6 Å². The number of rotatable bonds is 7. The van der Waals surface area contributed by atoms with E-state index >= 15 is 0 Å². The van der Waals surface area contributed by atoms with Crippen LogP contribution in [0.15, 0.2) is 22.7 Å². The predicted molar refractivity (Wildman–Crippen MR) is 88.2 cm³/mol. The fourth-order valence-electron chi connectivity index (χ4n) is 2.55. The number of benzene rings is 1. The fourth-order valence-corrected chi connectivity index (χ4v) is 3.35. The van der Waals surface area contributed by atoms with Gasteiger partial charge in [-0.2, -0.15) is 0 Å². The molecule has 0 radical (unpaired) electrons. The highest BCUT2D eigenvalue weighted by Crippen LogP contribution is 2.31. The lowest BCUT2D eigenvalue weighted by molar-refractivity contribution is 0.134. The van der Waals surface area contributed by atoms with E-state index in [-0.39, 0.29) is 0 Å². The highest BCUT2D eigenvalue weighted by Gasteiger charge is 2.29. The van der Waals surface area contributed by atoms with E-state index in [1.807, 2.05) is 18.2 Å². The predicted octanol–water partition coefficient (Wildman–Crippen LogP) is 4.65. The molecule has 1 unspecified atom stereocenters. The molecule has 0 aliphatic heterocycles. The topological polar surface area (TPSA) is 23.5 Å². The molecule has 1 N–H and O–H groups in total. The first-order valence-electron chi connectivity index (χ1n) is 7.34. The van der Waals surface area contributed by atoms with Crippen LogP contribution in [0.2, 0.25) is 5.02 Å². The zero-order valence-electron chi connectivity index (χ0n) is 12.1. The van der Waals surface area contributed by atoms with Crippen LogP contribution < -0.4 is 0 Å². The minimum absolute atomic E-state index is 0.482. The van der Waals surface area contributed by atoms with Crippen LogP contribution in [0.25, 0.3) is 0 Å². The van der Waals surface area contributed by atoms with Crippen LogP contribution >= 0.6 is 27.5 Å². The Labute approximate surface area is 135 Å². The van der Waals surface area contributed by atoms with E-state index in [4.69, 9.17) is 11.6 Å². The molecule has 1 atom stereocenters. The molecule has 2 rings (SSSR count). The Morgan fingerprint density at radius 1 is 1.40 bits per heavy atom. The van der Waals surface area contributed by atoms with Gasteiger partial charge in [-0.05, 0) is 42.9 Å². The Morgan fingerprint density at radius 3 is 2.65 bits per heavy atom. The first-order chi connectivity index (χ1) is 9.47. The summed E-state index contributed by atoms with van der Waals surface area (Å²) in [5, 5.41) is 11.0. The third-order valence-corrected chi connectivity index (χ3v) is 4.49. The molecule has 4 heteroatoms. The summed E-state index contributed by atoms with van der Waals surface area (Å²) in [5.41, 5.74) is 0.829. The first kappa shape index (κ1) is 16.3. The molecular formula is C16H23BrClNO. The van der Waals surface area contributed by atoms with Crippen LogP contribution in [0, 0.1) is 5.92 Å². The van der Waals surface area contributed by atoms with Gasteiger partial charge in [0.1, 0.15) is 0 Å². The Kier molecular flexibility index (Phi) is 5.91. The van der Waals surface area contributed by atoms with Crippen molar-refractivity contribution in [2.75, 3.05) is 13.1 Å². The van der Waals surface area contributed by atoms with Crippen molar-refractivity contribution in [2.45, 2.75) is 45.3 Å². The van der Waals surface area contributed by atoms with Crippen molar-refractivity contribution >= 4 is 27.5 Å². The van der Waals surface area contributed by atoms with Gasteiger partial charge in [-0.3, -0.25) is 0 Å². The summed E-state index contributed by atoms with van der Waals surface area (Å²) in [6.45, 7) is 6.55. The highest BCUT2D eigenvalue weighted by molar-refractivity contribution is 9.10. The van der Waals surface area contributed by atoms with Crippen LogP contribution in [0.1, 0.15) is 44.8 Å². The van der Waals surface area contributed by atoms with Crippen LogP contribution in [0.3, 0.4) is 0 Å². The van der Waals surface area contributed by atoms with Gasteiger partial charge in [0.2, 0.25) is 0 Å². The maximum atomic E-state index is 10.4. The second-order valence-corrected chi connectivity index (χ2v) is 7.41. The molecular weight excluding hydrogens is 338 g/mol. The molecule has 112 valence electrons. The standard InChI is InChI=1S/C16H23BrClNO/c1-11(2)10-19(13-4-5-13)8-7-16(20)14-6-3-12(17)9-15(14)18/h3,6,9,11,13,16,20H,4-5,7-8,10H2,1-2H3. The Balaban J connectivity index is 1.91. The van der Waals surface area contributed by atoms with E-state index in [2.05, 4.69) is 34.7 Å². The lowest BCUT2D eigenvalue weighted by Crippen LogP contribution is -2.31. The molecule has 0 amide bonds. The quantitative estimate of drug-likeness (QED) is 0.765. The molecule has 1 aliphatic carbocycles. The molecule has 1 aliphatic rings. The lowest BCUT2D eigenvalue weighted by Gasteiger charge is -2.25. The average molecular weight is 361 g/mol. The summed E-state index contributed by atoms with van der Waals surface area (Å²) >= 11 is 9.58. The number of aliphatic hydroxyl groups excluding tert-OH is 1. The maximum absolute atomic E-state index is 10.4. The van der Waals surface area contributed by atoms with Crippen LogP contribution in [0.5, 0.6) is 0 Å². The van der Waals surface area contributed by atoms with Crippen molar-refractivity contribution in [3.63, 3.8) is 0 Å². The fraction of sp³-hybridized carbons (Fsp3) is 0.625. The molecule has 20 heavy (non-hydrogen) atoms. The number of hydrogen-bond donors (Lipinski definition) is 1. The van der Waals surface area contributed by atoms with E-state index in [9.17, 15) is 5.11 Å². The molecule has 2 nitrogen and oxygen atoms in total. The Hall–Kier alpha value is -0.0900. The van der Waals surface area contributed by atoms with Gasteiger partial charge in [0.15, 0.2) is 0 Å². The van der Waals surface area contributed by atoms with Crippen molar-refractivity contribution in [1.82, 2.24) is 4.90 Å². The molecule has 1 aromatic carbocycles. The van der Waals surface area contributed by atoms with Crippen LogP contribution in [-0.2, 0) is 0 Å². The zero-order chi connectivity index (χ0) is 14.7. The zero-order valence-corrected chi connectivity index (χ0v) is 14.5. The smallest absolute Gasteiger partial charge is 0.0816 e. The number of nitrogens with zero attached hydrogens (tertiary/aromatic N) is 1. The third-order valence-electron chi connectivity index (χ3n) is 3.67. The van der Waals surface area contributed by atoms with Crippen molar-refractivity contribution in [2.24, 2.45) is 5.92 Å². The maximum Gasteiger partial charge on any atom is 0.0816 e. The summed E-state index contributed by atoms with van der Waals surface area (Å²) in [5.74, 6) is 0.670. The van der Waals surface area contributed by atoms with Gasteiger partial charge in [0.05, 0.1) is 6.10 Å². The monoisotopic (exact) mass is 359 g/mol. The highest BCUT2D eigenvalue weighted by atomic mass is 79.9. The van der Waals surface area contributed by atoms with E-state index < -0.39 is 6.10 Å². The van der Waals surface area contributed by atoms with E-state index in [1.165, 1.54) is 12.8 Å². The number of halogens is 2. The van der Waals surface area contributed by atoms with Gasteiger partial charge in [-0.1, -0.05) is 47.4 Å². The summed E-state index contributed by atoms with van der Waals surface area (Å²) in [4.78, 5) is 2.51. The van der Waals surface area contributed by atoms with Gasteiger partial charge >= 0.3 is 0 Å². The largest absolute Gasteiger partial charge is 0.388 e. The molecule has 0 spiro atoms.